The average molecular weight is 453 g/mol. The summed E-state index contributed by atoms with van der Waals surface area (Å²) >= 11 is 12.3. The lowest BCUT2D eigenvalue weighted by atomic mass is 10.1. The van der Waals surface area contributed by atoms with E-state index in [1.54, 1.807) is 35.2 Å². The average Bonchev–Trinajstić information content (AvgIpc) is 2.71. The molecule has 2 aromatic rings. The fourth-order valence-corrected chi connectivity index (χ4v) is 3.61. The van der Waals surface area contributed by atoms with Crippen LogP contribution in [0.2, 0.25) is 10.0 Å². The molecule has 0 aliphatic carbocycles. The van der Waals surface area contributed by atoms with Crippen LogP contribution in [0.4, 0.5) is 4.39 Å². The van der Waals surface area contributed by atoms with Crippen LogP contribution >= 0.6 is 23.2 Å². The van der Waals surface area contributed by atoms with E-state index in [2.05, 4.69) is 5.32 Å². The minimum atomic E-state index is -0.637. The summed E-state index contributed by atoms with van der Waals surface area (Å²) in [6.07, 6.45) is 2.35. The molecule has 0 spiro atoms. The van der Waals surface area contributed by atoms with Gasteiger partial charge >= 0.3 is 0 Å². The van der Waals surface area contributed by atoms with Crippen molar-refractivity contribution < 1.29 is 14.0 Å². The molecule has 0 aliphatic heterocycles. The fourth-order valence-electron chi connectivity index (χ4n) is 3.14. The van der Waals surface area contributed by atoms with Gasteiger partial charge in [0.05, 0.1) is 6.42 Å². The van der Waals surface area contributed by atoms with Gasteiger partial charge in [-0.1, -0.05) is 61.7 Å². The summed E-state index contributed by atoms with van der Waals surface area (Å²) in [4.78, 5) is 27.6. The molecule has 0 saturated heterocycles. The van der Waals surface area contributed by atoms with Gasteiger partial charge in [0.25, 0.3) is 0 Å². The van der Waals surface area contributed by atoms with Gasteiger partial charge in [-0.25, -0.2) is 4.39 Å². The predicted octanol–water partition coefficient (Wildman–Crippen LogP) is 5.40. The normalized spacial score (nSPS) is 11.8. The highest BCUT2D eigenvalue weighted by Crippen LogP contribution is 2.24. The summed E-state index contributed by atoms with van der Waals surface area (Å²) in [7, 11) is 0. The third kappa shape index (κ3) is 6.99. The number of unbranched alkanes of at least 4 members (excludes halogenated alkanes) is 1. The number of halogens is 3. The van der Waals surface area contributed by atoms with E-state index in [0.717, 1.165) is 12.8 Å². The van der Waals surface area contributed by atoms with E-state index < -0.39 is 6.04 Å². The highest BCUT2D eigenvalue weighted by atomic mass is 35.5. The van der Waals surface area contributed by atoms with Crippen molar-refractivity contribution in [3.8, 4) is 0 Å². The van der Waals surface area contributed by atoms with E-state index in [0.29, 0.717) is 34.1 Å². The van der Waals surface area contributed by atoms with Crippen molar-refractivity contribution in [2.45, 2.75) is 52.1 Å². The molecule has 30 heavy (non-hydrogen) atoms. The summed E-state index contributed by atoms with van der Waals surface area (Å²) in [5, 5.41) is 3.85. The summed E-state index contributed by atoms with van der Waals surface area (Å²) in [6.45, 7) is 4.65. The second-order valence-corrected chi connectivity index (χ2v) is 7.97. The van der Waals surface area contributed by atoms with Crippen molar-refractivity contribution in [3.63, 3.8) is 0 Å². The Balaban J connectivity index is 2.28. The van der Waals surface area contributed by atoms with Crippen LogP contribution < -0.4 is 5.32 Å². The number of hydrogen-bond acceptors (Lipinski definition) is 2. The molecule has 1 atom stereocenters. The molecule has 0 radical (unpaired) electrons. The quantitative estimate of drug-likeness (QED) is 0.490. The Morgan fingerprint density at radius 2 is 1.80 bits per heavy atom. The first-order valence-corrected chi connectivity index (χ1v) is 10.9. The molecular formula is C23H27Cl2FN2O2. The minimum Gasteiger partial charge on any atom is -0.354 e. The molecule has 4 nitrogen and oxygen atoms in total. The molecule has 2 rings (SSSR count). The maximum Gasteiger partial charge on any atom is 0.242 e. The number of hydrogen-bond donors (Lipinski definition) is 1. The van der Waals surface area contributed by atoms with Crippen LogP contribution in [0.25, 0.3) is 0 Å². The van der Waals surface area contributed by atoms with Gasteiger partial charge in [0.15, 0.2) is 0 Å². The maximum atomic E-state index is 13.2. The van der Waals surface area contributed by atoms with Gasteiger partial charge in [-0.3, -0.25) is 9.59 Å². The Morgan fingerprint density at radius 1 is 1.10 bits per heavy atom. The highest BCUT2D eigenvalue weighted by Gasteiger charge is 2.29. The molecule has 7 heteroatoms. The lowest BCUT2D eigenvalue weighted by molar-refractivity contribution is -0.140. The lowest BCUT2D eigenvalue weighted by Crippen LogP contribution is -2.49. The monoisotopic (exact) mass is 452 g/mol. The van der Waals surface area contributed by atoms with E-state index in [1.165, 1.54) is 12.1 Å². The van der Waals surface area contributed by atoms with Gasteiger partial charge in [0.1, 0.15) is 11.9 Å². The maximum absolute atomic E-state index is 13.2. The van der Waals surface area contributed by atoms with Gasteiger partial charge in [-0.15, -0.1) is 0 Å². The number of rotatable bonds is 10. The molecule has 2 aromatic carbocycles. The van der Waals surface area contributed by atoms with Crippen molar-refractivity contribution >= 4 is 35.0 Å². The number of carbonyl (C=O) groups is 2. The van der Waals surface area contributed by atoms with E-state index in [9.17, 15) is 14.0 Å². The van der Waals surface area contributed by atoms with E-state index in [1.807, 2.05) is 13.8 Å². The molecule has 0 aliphatic rings. The van der Waals surface area contributed by atoms with Gasteiger partial charge in [-0.2, -0.15) is 0 Å². The number of nitrogens with zero attached hydrogens (tertiary/aromatic N) is 1. The van der Waals surface area contributed by atoms with Crippen molar-refractivity contribution in [1.29, 1.82) is 0 Å². The zero-order valence-corrected chi connectivity index (χ0v) is 18.8. The largest absolute Gasteiger partial charge is 0.354 e. The van der Waals surface area contributed by atoms with Crippen molar-refractivity contribution in [1.82, 2.24) is 10.2 Å². The van der Waals surface area contributed by atoms with E-state index >= 15 is 0 Å². The van der Waals surface area contributed by atoms with Gasteiger partial charge in [-0.05, 0) is 48.2 Å². The molecule has 2 amide bonds. The molecular weight excluding hydrogens is 426 g/mol. The van der Waals surface area contributed by atoms with Crippen molar-refractivity contribution in [2.24, 2.45) is 0 Å². The van der Waals surface area contributed by atoms with Crippen LogP contribution in [0.15, 0.2) is 42.5 Å². The predicted molar refractivity (Wildman–Crippen MR) is 119 cm³/mol. The molecule has 1 N–H and O–H groups in total. The number of amides is 2. The van der Waals surface area contributed by atoms with Gasteiger partial charge < -0.3 is 10.2 Å². The van der Waals surface area contributed by atoms with Crippen LogP contribution in [0, 0.1) is 5.82 Å². The zero-order valence-electron chi connectivity index (χ0n) is 17.3. The Morgan fingerprint density at radius 3 is 2.40 bits per heavy atom. The third-order valence-corrected chi connectivity index (χ3v) is 5.43. The first kappa shape index (κ1) is 24.2. The summed E-state index contributed by atoms with van der Waals surface area (Å²) in [5.74, 6) is -0.786. The van der Waals surface area contributed by atoms with Gasteiger partial charge in [0.2, 0.25) is 11.8 Å². The van der Waals surface area contributed by atoms with Crippen LogP contribution in [0.3, 0.4) is 0 Å². The molecule has 0 aromatic heterocycles. The first-order valence-electron chi connectivity index (χ1n) is 10.1. The molecule has 0 fully saturated rings. The summed E-state index contributed by atoms with van der Waals surface area (Å²) < 4.78 is 13.2. The molecule has 0 bridgehead atoms. The first-order chi connectivity index (χ1) is 14.3. The molecule has 0 saturated carbocycles. The SMILES string of the molecule is CCCCNC(=O)[C@H](CC)N(Cc1ccc(Cl)cc1Cl)C(=O)Cc1ccc(F)cc1. The summed E-state index contributed by atoms with van der Waals surface area (Å²) in [5.41, 5.74) is 1.38. The fraction of sp³-hybridized carbons (Fsp3) is 0.391. The van der Waals surface area contributed by atoms with Crippen LogP contribution in [0.1, 0.15) is 44.2 Å². The van der Waals surface area contributed by atoms with Crippen molar-refractivity contribution in [2.75, 3.05) is 6.54 Å². The van der Waals surface area contributed by atoms with Gasteiger partial charge in [0, 0.05) is 23.1 Å². The standard InChI is InChI=1S/C23H27Cl2FN2O2/c1-3-5-12-27-23(30)21(4-2)28(15-17-8-9-18(24)14-20(17)25)22(29)13-16-6-10-19(26)11-7-16/h6-11,14,21H,3-5,12-13,15H2,1-2H3,(H,27,30)/t21-/m0/s1. The number of benzene rings is 2. The van der Waals surface area contributed by atoms with Crippen LogP contribution in [0.5, 0.6) is 0 Å². The molecule has 162 valence electrons. The second kappa shape index (κ2) is 11.9. The zero-order chi connectivity index (χ0) is 22.1. The molecule has 0 unspecified atom stereocenters. The van der Waals surface area contributed by atoms with Crippen LogP contribution in [-0.2, 0) is 22.6 Å². The summed E-state index contributed by atoms with van der Waals surface area (Å²) in [6, 6.07) is 10.2. The van der Waals surface area contributed by atoms with Crippen LogP contribution in [-0.4, -0.2) is 29.3 Å². The lowest BCUT2D eigenvalue weighted by Gasteiger charge is -2.31. The Bertz CT molecular complexity index is 859. The Hall–Kier alpha value is -2.11. The topological polar surface area (TPSA) is 49.4 Å². The molecule has 0 heterocycles. The smallest absolute Gasteiger partial charge is 0.242 e. The number of nitrogens with one attached hydrogen (secondary N) is 1. The minimum absolute atomic E-state index is 0.0598. The second-order valence-electron chi connectivity index (χ2n) is 7.13. The Kier molecular flexibility index (Phi) is 9.60. The third-order valence-electron chi connectivity index (χ3n) is 4.84. The van der Waals surface area contributed by atoms with E-state index in [4.69, 9.17) is 23.2 Å². The number of carbonyl (C=O) groups excluding carboxylic acids is 2. The Labute approximate surface area is 187 Å². The highest BCUT2D eigenvalue weighted by molar-refractivity contribution is 6.35. The van der Waals surface area contributed by atoms with Crippen molar-refractivity contribution in [3.05, 3.63) is 69.5 Å². The van der Waals surface area contributed by atoms with E-state index in [-0.39, 0.29) is 30.6 Å².